The van der Waals surface area contributed by atoms with Gasteiger partial charge in [-0.3, -0.25) is 9.69 Å². The zero-order valence-electron chi connectivity index (χ0n) is 17.6. The van der Waals surface area contributed by atoms with Crippen molar-refractivity contribution in [2.75, 3.05) is 13.1 Å². The molecule has 160 valence electrons. The second kappa shape index (κ2) is 9.72. The van der Waals surface area contributed by atoms with Gasteiger partial charge in [-0.25, -0.2) is 0 Å². The summed E-state index contributed by atoms with van der Waals surface area (Å²) in [5.41, 5.74) is 5.34. The Kier molecular flexibility index (Phi) is 7.02. The Bertz CT molecular complexity index is 906. The smallest absolute Gasteiger partial charge is 0.223 e. The number of aryl methyl sites for hydroxylation is 2. The number of benzene rings is 2. The average molecular weight is 445 g/mol. The molecule has 1 aliphatic carbocycles. The first-order valence-electron chi connectivity index (χ1n) is 11.1. The molecule has 0 unspecified atom stereocenters. The van der Waals surface area contributed by atoms with E-state index in [0.29, 0.717) is 10.0 Å². The normalized spacial score (nSPS) is 18.6. The van der Waals surface area contributed by atoms with Gasteiger partial charge in [-0.1, -0.05) is 47.5 Å². The van der Waals surface area contributed by atoms with E-state index in [1.807, 2.05) is 18.2 Å². The molecule has 1 N–H and O–H groups in total. The molecule has 1 saturated heterocycles. The lowest BCUT2D eigenvalue weighted by Gasteiger charge is -2.32. The van der Waals surface area contributed by atoms with Gasteiger partial charge in [-0.2, -0.15) is 0 Å². The van der Waals surface area contributed by atoms with Crippen molar-refractivity contribution >= 4 is 29.1 Å². The Hall–Kier alpha value is -1.55. The van der Waals surface area contributed by atoms with Crippen molar-refractivity contribution in [1.82, 2.24) is 10.2 Å². The number of nitrogens with zero attached hydrogens (tertiary/aromatic N) is 1. The molecule has 2 aliphatic rings. The van der Waals surface area contributed by atoms with E-state index in [4.69, 9.17) is 23.2 Å². The van der Waals surface area contributed by atoms with Gasteiger partial charge in [0.2, 0.25) is 5.91 Å². The SMILES string of the molecule is C[C@@H](NC(=O)C1CCN(Cc2ccc(Cl)c(Cl)c2)CC1)c1ccc2c(c1)CCCC2. The Morgan fingerprint density at radius 1 is 1.03 bits per heavy atom. The summed E-state index contributed by atoms with van der Waals surface area (Å²) >= 11 is 12.1. The maximum atomic E-state index is 12.9. The van der Waals surface area contributed by atoms with Gasteiger partial charge < -0.3 is 5.32 Å². The van der Waals surface area contributed by atoms with E-state index in [1.54, 1.807) is 0 Å². The van der Waals surface area contributed by atoms with Crippen LogP contribution in [-0.4, -0.2) is 23.9 Å². The Morgan fingerprint density at radius 2 is 1.77 bits per heavy atom. The quantitative estimate of drug-likeness (QED) is 0.616. The molecule has 4 rings (SSSR count). The van der Waals surface area contributed by atoms with Crippen LogP contribution in [0, 0.1) is 5.92 Å². The summed E-state index contributed by atoms with van der Waals surface area (Å²) in [6, 6.07) is 12.6. The minimum atomic E-state index is 0.0546. The lowest BCUT2D eigenvalue weighted by Crippen LogP contribution is -2.40. The molecule has 0 saturated carbocycles. The molecule has 2 aromatic carbocycles. The van der Waals surface area contributed by atoms with Crippen LogP contribution in [0.2, 0.25) is 10.0 Å². The number of halogens is 2. The van der Waals surface area contributed by atoms with E-state index in [1.165, 1.54) is 42.4 Å². The summed E-state index contributed by atoms with van der Waals surface area (Å²) in [5, 5.41) is 4.45. The summed E-state index contributed by atoms with van der Waals surface area (Å²) in [4.78, 5) is 15.2. The number of nitrogens with one attached hydrogen (secondary N) is 1. The molecule has 30 heavy (non-hydrogen) atoms. The predicted molar refractivity (Wildman–Crippen MR) is 124 cm³/mol. The highest BCUT2D eigenvalue weighted by molar-refractivity contribution is 6.42. The maximum Gasteiger partial charge on any atom is 0.223 e. The van der Waals surface area contributed by atoms with Crippen molar-refractivity contribution in [2.24, 2.45) is 5.92 Å². The zero-order chi connectivity index (χ0) is 21.1. The number of likely N-dealkylation sites (tertiary alicyclic amines) is 1. The topological polar surface area (TPSA) is 32.3 Å². The summed E-state index contributed by atoms with van der Waals surface area (Å²) in [6.45, 7) is 4.79. The van der Waals surface area contributed by atoms with E-state index in [0.717, 1.165) is 38.0 Å². The first-order valence-corrected chi connectivity index (χ1v) is 11.8. The van der Waals surface area contributed by atoms with Gasteiger partial charge >= 0.3 is 0 Å². The summed E-state index contributed by atoms with van der Waals surface area (Å²) < 4.78 is 0. The Morgan fingerprint density at radius 3 is 2.50 bits per heavy atom. The minimum Gasteiger partial charge on any atom is -0.349 e. The molecule has 1 atom stereocenters. The number of hydrogen-bond donors (Lipinski definition) is 1. The molecule has 0 aromatic heterocycles. The third-order valence-electron chi connectivity index (χ3n) is 6.58. The highest BCUT2D eigenvalue weighted by Gasteiger charge is 2.26. The molecule has 2 aromatic rings. The van der Waals surface area contributed by atoms with Crippen LogP contribution in [0.5, 0.6) is 0 Å². The van der Waals surface area contributed by atoms with Gasteiger partial charge in [0.25, 0.3) is 0 Å². The third-order valence-corrected chi connectivity index (χ3v) is 7.32. The van der Waals surface area contributed by atoms with Crippen molar-refractivity contribution in [3.05, 3.63) is 68.7 Å². The van der Waals surface area contributed by atoms with Crippen molar-refractivity contribution in [3.8, 4) is 0 Å². The fourth-order valence-electron chi connectivity index (χ4n) is 4.69. The second-order valence-corrected chi connectivity index (χ2v) is 9.58. The average Bonchev–Trinajstić information content (AvgIpc) is 2.76. The van der Waals surface area contributed by atoms with Crippen molar-refractivity contribution < 1.29 is 4.79 Å². The zero-order valence-corrected chi connectivity index (χ0v) is 19.1. The van der Waals surface area contributed by atoms with E-state index < -0.39 is 0 Å². The van der Waals surface area contributed by atoms with E-state index in [2.05, 4.69) is 35.3 Å². The number of carbonyl (C=O) groups excluding carboxylic acids is 1. The van der Waals surface area contributed by atoms with E-state index in [9.17, 15) is 4.79 Å². The van der Waals surface area contributed by atoms with Gasteiger partial charge in [0.05, 0.1) is 16.1 Å². The molecule has 0 bridgehead atoms. The predicted octanol–water partition coefficient (Wildman–Crippen LogP) is 5.96. The van der Waals surface area contributed by atoms with Crippen LogP contribution < -0.4 is 5.32 Å². The second-order valence-electron chi connectivity index (χ2n) is 8.76. The fourth-order valence-corrected chi connectivity index (χ4v) is 5.01. The van der Waals surface area contributed by atoms with Crippen LogP contribution in [0.4, 0.5) is 0 Å². The summed E-state index contributed by atoms with van der Waals surface area (Å²) in [7, 11) is 0. The molecule has 5 heteroatoms. The van der Waals surface area contributed by atoms with Crippen LogP contribution in [0.1, 0.15) is 60.9 Å². The highest BCUT2D eigenvalue weighted by atomic mass is 35.5. The van der Waals surface area contributed by atoms with Crippen molar-refractivity contribution in [1.29, 1.82) is 0 Å². The fraction of sp³-hybridized carbons (Fsp3) is 0.480. The number of hydrogen-bond acceptors (Lipinski definition) is 2. The summed E-state index contributed by atoms with van der Waals surface area (Å²) in [5.74, 6) is 0.282. The number of rotatable bonds is 5. The number of carbonyl (C=O) groups is 1. The molecule has 0 spiro atoms. The Labute approximate surface area is 189 Å². The number of fused-ring (bicyclic) bond motifs is 1. The Balaban J connectivity index is 1.28. The molecular formula is C25H30Cl2N2O. The molecule has 0 radical (unpaired) electrons. The van der Waals surface area contributed by atoms with E-state index in [-0.39, 0.29) is 17.9 Å². The van der Waals surface area contributed by atoms with Crippen molar-refractivity contribution in [3.63, 3.8) is 0 Å². The first kappa shape index (κ1) is 21.7. The molecule has 1 aliphatic heterocycles. The summed E-state index contributed by atoms with van der Waals surface area (Å²) in [6.07, 6.45) is 6.72. The highest BCUT2D eigenvalue weighted by Crippen LogP contribution is 2.27. The van der Waals surface area contributed by atoms with Crippen LogP contribution in [0.25, 0.3) is 0 Å². The molecule has 1 amide bonds. The minimum absolute atomic E-state index is 0.0546. The molecular weight excluding hydrogens is 415 g/mol. The van der Waals surface area contributed by atoms with Gasteiger partial charge in [-0.15, -0.1) is 0 Å². The monoisotopic (exact) mass is 444 g/mol. The third kappa shape index (κ3) is 5.19. The largest absolute Gasteiger partial charge is 0.349 e. The van der Waals surface area contributed by atoms with Gasteiger partial charge in [0.15, 0.2) is 0 Å². The van der Waals surface area contributed by atoms with Crippen LogP contribution in [-0.2, 0) is 24.2 Å². The number of amides is 1. The first-order chi connectivity index (χ1) is 14.5. The maximum absolute atomic E-state index is 12.9. The number of piperidine rings is 1. The lowest BCUT2D eigenvalue weighted by molar-refractivity contribution is -0.127. The van der Waals surface area contributed by atoms with Gasteiger partial charge in [-0.05, 0) is 92.9 Å². The standard InChI is InChI=1S/C25H30Cl2N2O/c1-17(21-8-7-19-4-2-3-5-22(19)15-21)28-25(30)20-10-12-29(13-11-20)16-18-6-9-23(26)24(27)14-18/h6-9,14-15,17,20H,2-5,10-13,16H2,1H3,(H,28,30)/t17-/m1/s1. The van der Waals surface area contributed by atoms with E-state index >= 15 is 0 Å². The lowest BCUT2D eigenvalue weighted by atomic mass is 9.89. The molecule has 1 heterocycles. The van der Waals surface area contributed by atoms with Crippen LogP contribution in [0.15, 0.2) is 36.4 Å². The van der Waals surface area contributed by atoms with Crippen molar-refractivity contribution in [2.45, 2.75) is 58.0 Å². The van der Waals surface area contributed by atoms with Crippen LogP contribution >= 0.6 is 23.2 Å². The molecule has 1 fully saturated rings. The van der Waals surface area contributed by atoms with Gasteiger partial charge in [0, 0.05) is 12.5 Å². The van der Waals surface area contributed by atoms with Crippen LogP contribution in [0.3, 0.4) is 0 Å². The van der Waals surface area contributed by atoms with Gasteiger partial charge in [0.1, 0.15) is 0 Å². The molecule has 3 nitrogen and oxygen atoms in total.